The summed E-state index contributed by atoms with van der Waals surface area (Å²) in [5, 5.41) is 2.51. The second kappa shape index (κ2) is 7.75. The zero-order valence-corrected chi connectivity index (χ0v) is 17.4. The van der Waals surface area contributed by atoms with Gasteiger partial charge in [-0.25, -0.2) is 9.78 Å². The number of fused-ring (bicyclic) bond motifs is 3. The van der Waals surface area contributed by atoms with Gasteiger partial charge in [0.25, 0.3) is 0 Å². The predicted octanol–water partition coefficient (Wildman–Crippen LogP) is 7.08. The number of hydrogen-bond acceptors (Lipinski definition) is 2. The number of urea groups is 1. The van der Waals surface area contributed by atoms with Gasteiger partial charge in [0.15, 0.2) is 0 Å². The van der Waals surface area contributed by atoms with Crippen LogP contribution in [0.4, 0.5) is 42.6 Å². The molecule has 34 heavy (non-hydrogen) atoms. The summed E-state index contributed by atoms with van der Waals surface area (Å²) in [5.41, 5.74) is -0.410. The van der Waals surface area contributed by atoms with E-state index in [1.807, 2.05) is 0 Å². The van der Waals surface area contributed by atoms with Crippen molar-refractivity contribution in [2.75, 3.05) is 10.2 Å². The van der Waals surface area contributed by atoms with Crippen LogP contribution in [0, 0.1) is 0 Å². The summed E-state index contributed by atoms with van der Waals surface area (Å²) in [7, 11) is 0. The second-order valence-electron chi connectivity index (χ2n) is 8.32. The topological polar surface area (TPSA) is 45.2 Å². The predicted molar refractivity (Wildman–Crippen MR) is 113 cm³/mol. The van der Waals surface area contributed by atoms with Crippen LogP contribution >= 0.6 is 0 Å². The lowest BCUT2D eigenvalue weighted by atomic mass is 9.78. The van der Waals surface area contributed by atoms with Crippen LogP contribution in [-0.2, 0) is 12.4 Å². The molecule has 1 aliphatic carbocycles. The lowest BCUT2D eigenvalue weighted by molar-refractivity contribution is -0.138. The maximum absolute atomic E-state index is 13.1. The normalized spacial score (nSPS) is 19.3. The highest BCUT2D eigenvalue weighted by molar-refractivity contribution is 6.03. The van der Waals surface area contributed by atoms with E-state index in [-0.39, 0.29) is 28.9 Å². The number of pyridine rings is 1. The Morgan fingerprint density at radius 3 is 2.21 bits per heavy atom. The van der Waals surface area contributed by atoms with Gasteiger partial charge in [-0.3, -0.25) is 4.90 Å². The standard InChI is InChI=1S/C24H17F6N3O/c25-23(26,27)14-4-1-3-13(11-14)19-9-7-18-17-8-10-20(17)33(21(18)32-19)22(34)31-16-6-2-5-15(12-16)24(28,29)30/h1-7,9,11-12,17,20H,8,10H2,(H,31,34). The number of anilines is 2. The van der Waals surface area contributed by atoms with E-state index in [0.717, 1.165) is 36.2 Å². The van der Waals surface area contributed by atoms with E-state index in [9.17, 15) is 31.1 Å². The van der Waals surface area contributed by atoms with Crippen LogP contribution < -0.4 is 10.2 Å². The average molecular weight is 477 g/mol. The van der Waals surface area contributed by atoms with Gasteiger partial charge in [-0.1, -0.05) is 24.3 Å². The Morgan fingerprint density at radius 1 is 0.882 bits per heavy atom. The van der Waals surface area contributed by atoms with E-state index < -0.39 is 29.5 Å². The second-order valence-corrected chi connectivity index (χ2v) is 8.32. The number of rotatable bonds is 2. The van der Waals surface area contributed by atoms with Crippen molar-refractivity contribution >= 4 is 17.5 Å². The van der Waals surface area contributed by atoms with Crippen LogP contribution in [0.15, 0.2) is 60.7 Å². The molecule has 0 bridgehead atoms. The lowest BCUT2D eigenvalue weighted by Crippen LogP contribution is -2.46. The molecule has 1 fully saturated rings. The van der Waals surface area contributed by atoms with Gasteiger partial charge >= 0.3 is 18.4 Å². The van der Waals surface area contributed by atoms with Gasteiger partial charge < -0.3 is 5.32 Å². The zero-order valence-electron chi connectivity index (χ0n) is 17.4. The van der Waals surface area contributed by atoms with E-state index in [2.05, 4.69) is 10.3 Å². The molecule has 10 heteroatoms. The summed E-state index contributed by atoms with van der Waals surface area (Å²) in [5.74, 6) is 0.345. The first kappa shape index (κ1) is 22.2. The van der Waals surface area contributed by atoms with E-state index in [0.29, 0.717) is 12.2 Å². The van der Waals surface area contributed by atoms with E-state index in [1.165, 1.54) is 29.2 Å². The summed E-state index contributed by atoms with van der Waals surface area (Å²) < 4.78 is 78.5. The van der Waals surface area contributed by atoms with Crippen molar-refractivity contribution in [3.63, 3.8) is 0 Å². The third kappa shape index (κ3) is 3.86. The molecule has 2 atom stereocenters. The molecule has 1 aliphatic heterocycles. The van der Waals surface area contributed by atoms with Crippen LogP contribution in [0.25, 0.3) is 11.3 Å². The number of benzene rings is 2. The maximum atomic E-state index is 13.1. The van der Waals surface area contributed by atoms with Crippen LogP contribution in [0.5, 0.6) is 0 Å². The number of aromatic nitrogens is 1. The Balaban J connectivity index is 1.47. The van der Waals surface area contributed by atoms with Gasteiger partial charge in [-0.05, 0) is 49.2 Å². The number of halogens is 6. The molecule has 1 aromatic heterocycles. The molecule has 2 aliphatic rings. The van der Waals surface area contributed by atoms with Gasteiger partial charge in [0, 0.05) is 28.8 Å². The highest BCUT2D eigenvalue weighted by Crippen LogP contribution is 2.51. The number of amides is 2. The number of nitrogens with zero attached hydrogens (tertiary/aromatic N) is 2. The van der Waals surface area contributed by atoms with Crippen LogP contribution in [0.3, 0.4) is 0 Å². The molecule has 0 radical (unpaired) electrons. The Hall–Kier alpha value is -3.56. The monoisotopic (exact) mass is 477 g/mol. The lowest BCUT2D eigenvalue weighted by Gasteiger charge is -2.35. The molecule has 3 aromatic rings. The molecule has 0 saturated heterocycles. The van der Waals surface area contributed by atoms with Crippen LogP contribution in [0.1, 0.15) is 35.4 Å². The molecule has 2 heterocycles. The zero-order chi connectivity index (χ0) is 24.3. The highest BCUT2D eigenvalue weighted by Gasteiger charge is 2.48. The summed E-state index contributed by atoms with van der Waals surface area (Å²) in [6.45, 7) is 0. The fourth-order valence-corrected chi connectivity index (χ4v) is 4.47. The Morgan fingerprint density at radius 2 is 1.56 bits per heavy atom. The minimum atomic E-state index is -4.55. The number of nitrogens with one attached hydrogen (secondary N) is 1. The average Bonchev–Trinajstić information content (AvgIpc) is 2.98. The van der Waals surface area contributed by atoms with Crippen molar-refractivity contribution in [2.45, 2.75) is 37.2 Å². The Labute approximate surface area is 190 Å². The van der Waals surface area contributed by atoms with Gasteiger partial charge in [-0.2, -0.15) is 26.3 Å². The first-order valence-electron chi connectivity index (χ1n) is 10.5. The van der Waals surface area contributed by atoms with Gasteiger partial charge in [-0.15, -0.1) is 0 Å². The van der Waals surface area contributed by atoms with E-state index in [4.69, 9.17) is 0 Å². The van der Waals surface area contributed by atoms with E-state index in [1.54, 1.807) is 12.1 Å². The molecule has 176 valence electrons. The molecule has 5 rings (SSSR count). The minimum Gasteiger partial charge on any atom is -0.307 e. The van der Waals surface area contributed by atoms with Crippen LogP contribution in [0.2, 0.25) is 0 Å². The van der Waals surface area contributed by atoms with Gasteiger partial charge in [0.1, 0.15) is 5.82 Å². The molecule has 1 saturated carbocycles. The molecule has 0 spiro atoms. The minimum absolute atomic E-state index is 0.0156. The highest BCUT2D eigenvalue weighted by atomic mass is 19.4. The molecule has 2 aromatic carbocycles. The fraction of sp³-hybridized carbons (Fsp3) is 0.250. The van der Waals surface area contributed by atoms with Gasteiger partial charge in [0.2, 0.25) is 0 Å². The summed E-state index contributed by atoms with van der Waals surface area (Å²) in [4.78, 5) is 19.0. The Bertz CT molecular complexity index is 1270. The quantitative estimate of drug-likeness (QED) is 0.401. The first-order chi connectivity index (χ1) is 16.0. The molecule has 2 amide bonds. The van der Waals surface area contributed by atoms with Crippen LogP contribution in [-0.4, -0.2) is 17.1 Å². The number of hydrogen-bond donors (Lipinski definition) is 1. The largest absolute Gasteiger partial charge is 0.416 e. The third-order valence-electron chi connectivity index (χ3n) is 6.25. The number of alkyl halides is 6. The molecule has 4 nitrogen and oxygen atoms in total. The molecule has 2 unspecified atom stereocenters. The summed E-state index contributed by atoms with van der Waals surface area (Å²) in [6.07, 6.45) is -7.56. The molecule has 1 N–H and O–H groups in total. The fourth-order valence-electron chi connectivity index (χ4n) is 4.47. The summed E-state index contributed by atoms with van der Waals surface area (Å²) >= 11 is 0. The van der Waals surface area contributed by atoms with Gasteiger partial charge in [0.05, 0.1) is 16.8 Å². The Kier molecular flexibility index (Phi) is 5.07. The number of carbonyl (C=O) groups is 1. The smallest absolute Gasteiger partial charge is 0.307 e. The first-order valence-corrected chi connectivity index (χ1v) is 10.5. The van der Waals surface area contributed by atoms with Crippen molar-refractivity contribution < 1.29 is 31.1 Å². The van der Waals surface area contributed by atoms with E-state index >= 15 is 0 Å². The SMILES string of the molecule is O=C(Nc1cccc(C(F)(F)F)c1)N1c2nc(-c3cccc(C(F)(F)F)c3)ccc2C2CCC21. The van der Waals surface area contributed by atoms with Crippen molar-refractivity contribution in [1.82, 2.24) is 4.98 Å². The molecular weight excluding hydrogens is 460 g/mol. The van der Waals surface area contributed by atoms with Crippen molar-refractivity contribution in [2.24, 2.45) is 0 Å². The maximum Gasteiger partial charge on any atom is 0.416 e. The number of carbonyl (C=O) groups excluding carboxylic acids is 1. The third-order valence-corrected chi connectivity index (χ3v) is 6.25. The summed E-state index contributed by atoms with van der Waals surface area (Å²) in [6, 6.07) is 11.6. The van der Waals surface area contributed by atoms with Crippen molar-refractivity contribution in [3.05, 3.63) is 77.4 Å². The molecular formula is C24H17F6N3O. The van der Waals surface area contributed by atoms with Crippen molar-refractivity contribution in [3.8, 4) is 11.3 Å². The van der Waals surface area contributed by atoms with Crippen molar-refractivity contribution in [1.29, 1.82) is 0 Å².